The molecule has 2 rings (SSSR count). The van der Waals surface area contributed by atoms with E-state index in [1.54, 1.807) is 49.6 Å². The van der Waals surface area contributed by atoms with E-state index in [-0.39, 0.29) is 5.11 Å². The maximum atomic E-state index is 12.3. The van der Waals surface area contributed by atoms with Gasteiger partial charge < -0.3 is 14.2 Å². The molecule has 2 amide bonds. The number of carbonyl (C=O) groups is 2. The van der Waals surface area contributed by atoms with Gasteiger partial charge in [-0.25, -0.2) is 0 Å². The van der Waals surface area contributed by atoms with Crippen molar-refractivity contribution in [1.29, 1.82) is 0 Å². The highest BCUT2D eigenvalue weighted by Gasteiger charge is 2.14. The molecule has 2 aromatic rings. The van der Waals surface area contributed by atoms with Gasteiger partial charge in [0.15, 0.2) is 5.11 Å². The minimum atomic E-state index is -0.459. The van der Waals surface area contributed by atoms with Crippen LogP contribution in [0.3, 0.4) is 0 Å². The Morgan fingerprint density at radius 3 is 2.45 bits per heavy atom. The fraction of sp³-hybridized carbons (Fsp3) is 0.211. The molecule has 0 atom stereocenters. The molecule has 0 saturated heterocycles. The summed E-state index contributed by atoms with van der Waals surface area (Å²) in [6.45, 7) is 0.843. The van der Waals surface area contributed by atoms with Gasteiger partial charge in [-0.3, -0.25) is 25.8 Å². The second-order valence-electron chi connectivity index (χ2n) is 5.55. The van der Waals surface area contributed by atoms with Crippen molar-refractivity contribution in [3.8, 4) is 11.5 Å². The Hall–Kier alpha value is -2.69. The van der Waals surface area contributed by atoms with Crippen molar-refractivity contribution in [3.63, 3.8) is 0 Å². The number of rotatable bonds is 7. The highest BCUT2D eigenvalue weighted by atomic mass is 79.9. The van der Waals surface area contributed by atoms with E-state index in [9.17, 15) is 9.59 Å². The summed E-state index contributed by atoms with van der Waals surface area (Å²) in [4.78, 5) is 24.6. The number of hydrogen-bond donors (Lipinski definition) is 3. The Labute approximate surface area is 182 Å². The molecule has 0 radical (unpaired) electrons. The maximum absolute atomic E-state index is 12.3. The third kappa shape index (κ3) is 6.70. The van der Waals surface area contributed by atoms with Gasteiger partial charge in [0.1, 0.15) is 18.1 Å². The van der Waals surface area contributed by atoms with Gasteiger partial charge in [0, 0.05) is 12.7 Å². The van der Waals surface area contributed by atoms with E-state index in [0.29, 0.717) is 40.3 Å². The first-order valence-electron chi connectivity index (χ1n) is 8.42. The first-order chi connectivity index (χ1) is 14.0. The van der Waals surface area contributed by atoms with Gasteiger partial charge in [-0.15, -0.1) is 0 Å². The number of methoxy groups -OCH3 is 2. The first-order valence-corrected chi connectivity index (χ1v) is 9.62. The summed E-state index contributed by atoms with van der Waals surface area (Å²) in [5, 5.41) is 2.42. The number of para-hydroxylation sites is 1. The van der Waals surface area contributed by atoms with Crippen LogP contribution in [0.25, 0.3) is 0 Å². The summed E-state index contributed by atoms with van der Waals surface area (Å²) in [5.74, 6) is 0.0975. The van der Waals surface area contributed by atoms with Gasteiger partial charge >= 0.3 is 0 Å². The number of carbonyl (C=O) groups excluding carboxylic acids is 2. The Balaban J connectivity index is 1.89. The van der Waals surface area contributed by atoms with E-state index in [2.05, 4.69) is 32.1 Å². The molecule has 29 heavy (non-hydrogen) atoms. The first kappa shape index (κ1) is 22.6. The lowest BCUT2D eigenvalue weighted by molar-refractivity contribution is 0.0932. The van der Waals surface area contributed by atoms with Crippen LogP contribution in [-0.4, -0.2) is 44.4 Å². The summed E-state index contributed by atoms with van der Waals surface area (Å²) >= 11 is 8.41. The van der Waals surface area contributed by atoms with Crippen LogP contribution in [0.5, 0.6) is 11.5 Å². The molecule has 8 nitrogen and oxygen atoms in total. The SMILES string of the molecule is COCCOc1ccc(C(=O)NC(=S)NNC(=O)c2ccccc2OC)cc1Br. The van der Waals surface area contributed by atoms with Crippen molar-refractivity contribution in [2.75, 3.05) is 27.4 Å². The molecule has 10 heteroatoms. The predicted octanol–water partition coefficient (Wildman–Crippen LogP) is 2.43. The van der Waals surface area contributed by atoms with E-state index < -0.39 is 11.8 Å². The quantitative estimate of drug-likeness (QED) is 0.317. The summed E-state index contributed by atoms with van der Waals surface area (Å²) in [7, 11) is 3.05. The normalized spacial score (nSPS) is 10.0. The van der Waals surface area contributed by atoms with E-state index >= 15 is 0 Å². The van der Waals surface area contributed by atoms with Gasteiger partial charge in [0.05, 0.1) is 23.8 Å². The molecule has 0 fully saturated rings. The monoisotopic (exact) mass is 481 g/mol. The topological polar surface area (TPSA) is 97.9 Å². The van der Waals surface area contributed by atoms with Gasteiger partial charge in [-0.1, -0.05) is 12.1 Å². The predicted molar refractivity (Wildman–Crippen MR) is 115 cm³/mol. The zero-order chi connectivity index (χ0) is 21.2. The van der Waals surface area contributed by atoms with Gasteiger partial charge in [-0.2, -0.15) is 0 Å². The molecular weight excluding hydrogens is 462 g/mol. The van der Waals surface area contributed by atoms with Gasteiger partial charge in [0.2, 0.25) is 0 Å². The molecule has 0 bridgehead atoms. The standard InChI is InChI=1S/C19H20BrN3O5S/c1-26-9-10-28-16-8-7-12(11-14(16)20)17(24)21-19(29)23-22-18(25)13-5-3-4-6-15(13)27-2/h3-8,11H,9-10H2,1-2H3,(H,22,25)(H2,21,23,24,29). The van der Waals surface area contributed by atoms with Gasteiger partial charge in [0.25, 0.3) is 11.8 Å². The van der Waals surface area contributed by atoms with Crippen LogP contribution in [0.1, 0.15) is 20.7 Å². The van der Waals surface area contributed by atoms with Crippen molar-refractivity contribution < 1.29 is 23.8 Å². The van der Waals surface area contributed by atoms with Crippen molar-refractivity contribution in [1.82, 2.24) is 16.2 Å². The van der Waals surface area contributed by atoms with E-state index in [4.69, 9.17) is 26.4 Å². The molecule has 3 N–H and O–H groups in total. The van der Waals surface area contributed by atoms with Crippen LogP contribution >= 0.6 is 28.1 Å². The minimum Gasteiger partial charge on any atom is -0.496 e. The number of nitrogens with one attached hydrogen (secondary N) is 3. The number of hydrogen-bond acceptors (Lipinski definition) is 6. The summed E-state index contributed by atoms with van der Waals surface area (Å²) < 4.78 is 16.2. The van der Waals surface area contributed by atoms with Gasteiger partial charge in [-0.05, 0) is 58.5 Å². The van der Waals surface area contributed by atoms with E-state index in [0.717, 1.165) is 0 Å². The van der Waals surface area contributed by atoms with Crippen LogP contribution in [0, 0.1) is 0 Å². The van der Waals surface area contributed by atoms with Crippen molar-refractivity contribution in [2.45, 2.75) is 0 Å². The van der Waals surface area contributed by atoms with Crippen LogP contribution in [-0.2, 0) is 4.74 Å². The van der Waals surface area contributed by atoms with Crippen LogP contribution in [0.15, 0.2) is 46.9 Å². The molecule has 0 aliphatic heterocycles. The molecule has 0 spiro atoms. The largest absolute Gasteiger partial charge is 0.496 e. The number of halogens is 1. The van der Waals surface area contributed by atoms with Crippen LogP contribution < -0.4 is 25.6 Å². The van der Waals surface area contributed by atoms with Crippen LogP contribution in [0.2, 0.25) is 0 Å². The average molecular weight is 482 g/mol. The maximum Gasteiger partial charge on any atom is 0.273 e. The molecule has 154 valence electrons. The van der Waals surface area contributed by atoms with Crippen LogP contribution in [0.4, 0.5) is 0 Å². The Morgan fingerprint density at radius 1 is 1.00 bits per heavy atom. The number of thiocarbonyl (C=S) groups is 1. The Bertz CT molecular complexity index is 894. The van der Waals surface area contributed by atoms with Crippen molar-refractivity contribution in [3.05, 3.63) is 58.1 Å². The number of amides is 2. The average Bonchev–Trinajstić information content (AvgIpc) is 2.73. The lowest BCUT2D eigenvalue weighted by Gasteiger charge is -2.13. The lowest BCUT2D eigenvalue weighted by Crippen LogP contribution is -2.48. The molecule has 2 aromatic carbocycles. The lowest BCUT2D eigenvalue weighted by atomic mass is 10.2. The molecule has 0 aliphatic rings. The third-order valence-electron chi connectivity index (χ3n) is 3.61. The molecule has 0 heterocycles. The fourth-order valence-electron chi connectivity index (χ4n) is 2.21. The molecular formula is C19H20BrN3O5S. The Kier molecular flexibility index (Phi) is 8.84. The smallest absolute Gasteiger partial charge is 0.273 e. The number of ether oxygens (including phenoxy) is 3. The highest BCUT2D eigenvalue weighted by molar-refractivity contribution is 9.10. The summed E-state index contributed by atoms with van der Waals surface area (Å²) in [6.07, 6.45) is 0. The molecule has 0 aliphatic carbocycles. The number of benzene rings is 2. The number of hydrazine groups is 1. The highest BCUT2D eigenvalue weighted by Crippen LogP contribution is 2.26. The molecule has 0 saturated carbocycles. The molecule has 0 aromatic heterocycles. The molecule has 0 unspecified atom stereocenters. The van der Waals surface area contributed by atoms with Crippen molar-refractivity contribution in [2.24, 2.45) is 0 Å². The third-order valence-corrected chi connectivity index (χ3v) is 4.43. The summed E-state index contributed by atoms with van der Waals surface area (Å²) in [6, 6.07) is 11.6. The second-order valence-corrected chi connectivity index (χ2v) is 6.81. The van der Waals surface area contributed by atoms with E-state index in [1.807, 2.05) is 0 Å². The van der Waals surface area contributed by atoms with E-state index in [1.165, 1.54) is 7.11 Å². The van der Waals surface area contributed by atoms with Crippen molar-refractivity contribution >= 4 is 45.1 Å². The summed E-state index contributed by atoms with van der Waals surface area (Å²) in [5.41, 5.74) is 5.58. The fourth-order valence-corrected chi connectivity index (χ4v) is 2.85. The zero-order valence-electron chi connectivity index (χ0n) is 15.8. The minimum absolute atomic E-state index is 0.0604. The zero-order valence-corrected chi connectivity index (χ0v) is 18.2. The second kappa shape index (κ2) is 11.3. The Morgan fingerprint density at radius 2 is 1.76 bits per heavy atom.